The van der Waals surface area contributed by atoms with Crippen molar-refractivity contribution in [2.75, 3.05) is 0 Å². The molecule has 2 aromatic carbocycles. The van der Waals surface area contributed by atoms with Gasteiger partial charge in [0.2, 0.25) is 5.16 Å². The zero-order valence-corrected chi connectivity index (χ0v) is 12.3. The molecule has 1 aromatic heterocycles. The highest BCUT2D eigenvalue weighted by atomic mass is 32.2. The number of thioether (sulfide) groups is 1. The largest absolute Gasteiger partial charge is 0.259 e. The summed E-state index contributed by atoms with van der Waals surface area (Å²) in [6.45, 7) is 0. The van der Waals surface area contributed by atoms with E-state index in [2.05, 4.69) is 39.4 Å². The summed E-state index contributed by atoms with van der Waals surface area (Å²) in [6.07, 6.45) is 3.96. The Kier molecular flexibility index (Phi) is 4.49. The van der Waals surface area contributed by atoms with Crippen molar-refractivity contribution in [1.82, 2.24) is 15.2 Å². The predicted octanol–water partition coefficient (Wildman–Crippen LogP) is 4.27. The molecule has 3 aromatic rings. The Labute approximate surface area is 128 Å². The van der Waals surface area contributed by atoms with Gasteiger partial charge in [0.25, 0.3) is 0 Å². The zero-order chi connectivity index (χ0) is 14.3. The van der Waals surface area contributed by atoms with Gasteiger partial charge in [0, 0.05) is 5.75 Å². The van der Waals surface area contributed by atoms with Gasteiger partial charge in [-0.25, -0.2) is 4.98 Å². The molecule has 0 unspecified atom stereocenters. The van der Waals surface area contributed by atoms with Crippen LogP contribution in [0.15, 0.2) is 65.8 Å². The summed E-state index contributed by atoms with van der Waals surface area (Å²) in [5.74, 6) is 1.65. The minimum atomic E-state index is 0.770. The van der Waals surface area contributed by atoms with Crippen molar-refractivity contribution in [3.8, 4) is 0 Å². The number of hydrogen-bond donors (Lipinski definition) is 1. The maximum atomic E-state index is 4.45. The van der Waals surface area contributed by atoms with E-state index in [-0.39, 0.29) is 0 Å². The highest BCUT2D eigenvalue weighted by molar-refractivity contribution is 7.98. The number of aromatic nitrogens is 3. The van der Waals surface area contributed by atoms with Crippen molar-refractivity contribution >= 4 is 23.9 Å². The number of rotatable bonds is 5. The van der Waals surface area contributed by atoms with Crippen molar-refractivity contribution < 1.29 is 0 Å². The molecule has 0 radical (unpaired) electrons. The SMILES string of the molecule is C(=C\c1nc(SCc2ccccc2)n[nH]1)/c1ccccc1. The van der Waals surface area contributed by atoms with Crippen LogP contribution in [0.2, 0.25) is 0 Å². The van der Waals surface area contributed by atoms with Crippen LogP contribution in [0, 0.1) is 0 Å². The summed E-state index contributed by atoms with van der Waals surface area (Å²) in [6, 6.07) is 20.5. The number of aromatic amines is 1. The highest BCUT2D eigenvalue weighted by Gasteiger charge is 2.02. The fourth-order valence-corrected chi connectivity index (χ4v) is 2.62. The molecule has 0 aliphatic carbocycles. The van der Waals surface area contributed by atoms with E-state index < -0.39 is 0 Å². The number of hydrogen-bond acceptors (Lipinski definition) is 3. The summed E-state index contributed by atoms with van der Waals surface area (Å²) in [5, 5.41) is 7.93. The molecule has 0 amide bonds. The third-order valence-corrected chi connectivity index (χ3v) is 3.84. The van der Waals surface area contributed by atoms with Gasteiger partial charge in [0.15, 0.2) is 0 Å². The third kappa shape index (κ3) is 4.07. The van der Waals surface area contributed by atoms with E-state index in [4.69, 9.17) is 0 Å². The summed E-state index contributed by atoms with van der Waals surface area (Å²) < 4.78 is 0. The molecule has 3 nitrogen and oxygen atoms in total. The van der Waals surface area contributed by atoms with Gasteiger partial charge in [-0.05, 0) is 17.2 Å². The molecule has 0 aliphatic heterocycles. The van der Waals surface area contributed by atoms with Crippen molar-refractivity contribution in [3.05, 3.63) is 77.6 Å². The first-order valence-corrected chi connectivity index (χ1v) is 7.71. The van der Waals surface area contributed by atoms with Crippen LogP contribution in [0.25, 0.3) is 12.2 Å². The summed E-state index contributed by atoms with van der Waals surface area (Å²) >= 11 is 1.63. The lowest BCUT2D eigenvalue weighted by Gasteiger charge is -1.96. The molecule has 0 saturated carbocycles. The summed E-state index contributed by atoms with van der Waals surface area (Å²) in [5.41, 5.74) is 2.42. The lowest BCUT2D eigenvalue weighted by Crippen LogP contribution is -1.80. The molecule has 0 aliphatic rings. The number of H-pyrrole nitrogens is 1. The fraction of sp³-hybridized carbons (Fsp3) is 0.0588. The normalized spacial score (nSPS) is 11.0. The van der Waals surface area contributed by atoms with Gasteiger partial charge in [-0.2, -0.15) is 0 Å². The maximum Gasteiger partial charge on any atom is 0.209 e. The van der Waals surface area contributed by atoms with E-state index in [0.29, 0.717) is 0 Å². The van der Waals surface area contributed by atoms with Crippen molar-refractivity contribution in [2.24, 2.45) is 0 Å². The van der Waals surface area contributed by atoms with Gasteiger partial charge in [0.05, 0.1) is 0 Å². The molecule has 0 spiro atoms. The van der Waals surface area contributed by atoms with Crippen LogP contribution < -0.4 is 0 Å². The summed E-state index contributed by atoms with van der Waals surface area (Å²) in [7, 11) is 0. The van der Waals surface area contributed by atoms with Crippen LogP contribution in [-0.4, -0.2) is 15.2 Å². The van der Waals surface area contributed by atoms with Crippen molar-refractivity contribution in [2.45, 2.75) is 10.9 Å². The molecule has 0 saturated heterocycles. The Balaban J connectivity index is 1.60. The van der Waals surface area contributed by atoms with Gasteiger partial charge >= 0.3 is 0 Å². The lowest BCUT2D eigenvalue weighted by molar-refractivity contribution is 0.972. The number of benzene rings is 2. The molecule has 21 heavy (non-hydrogen) atoms. The van der Waals surface area contributed by atoms with Crippen LogP contribution >= 0.6 is 11.8 Å². The Morgan fingerprint density at radius 1 is 0.905 bits per heavy atom. The second kappa shape index (κ2) is 6.90. The summed E-state index contributed by atoms with van der Waals surface area (Å²) in [4.78, 5) is 4.45. The van der Waals surface area contributed by atoms with E-state index >= 15 is 0 Å². The van der Waals surface area contributed by atoms with Crippen LogP contribution in [-0.2, 0) is 5.75 Å². The first kappa shape index (κ1) is 13.6. The van der Waals surface area contributed by atoms with Crippen LogP contribution in [0.3, 0.4) is 0 Å². The Bertz CT molecular complexity index is 705. The highest BCUT2D eigenvalue weighted by Crippen LogP contribution is 2.19. The lowest BCUT2D eigenvalue weighted by atomic mass is 10.2. The van der Waals surface area contributed by atoms with Gasteiger partial charge in [-0.1, -0.05) is 78.5 Å². The molecule has 0 fully saturated rings. The Morgan fingerprint density at radius 2 is 1.62 bits per heavy atom. The van der Waals surface area contributed by atoms with E-state index in [1.54, 1.807) is 11.8 Å². The zero-order valence-electron chi connectivity index (χ0n) is 11.4. The van der Waals surface area contributed by atoms with Crippen LogP contribution in [0.5, 0.6) is 0 Å². The van der Waals surface area contributed by atoms with Crippen molar-refractivity contribution in [1.29, 1.82) is 0 Å². The van der Waals surface area contributed by atoms with E-state index in [9.17, 15) is 0 Å². The van der Waals surface area contributed by atoms with Crippen LogP contribution in [0.4, 0.5) is 0 Å². The topological polar surface area (TPSA) is 41.6 Å². The van der Waals surface area contributed by atoms with E-state index in [0.717, 1.165) is 22.3 Å². The number of nitrogens with zero attached hydrogens (tertiary/aromatic N) is 2. The standard InChI is InChI=1S/C17H15N3S/c1-3-7-14(8-4-1)11-12-16-18-17(20-19-16)21-13-15-9-5-2-6-10-15/h1-12H,13H2,(H,18,19,20)/b12-11+. The van der Waals surface area contributed by atoms with Gasteiger partial charge < -0.3 is 0 Å². The van der Waals surface area contributed by atoms with Crippen molar-refractivity contribution in [3.63, 3.8) is 0 Å². The fourth-order valence-electron chi connectivity index (χ4n) is 1.86. The van der Waals surface area contributed by atoms with E-state index in [1.807, 2.05) is 48.6 Å². The third-order valence-electron chi connectivity index (χ3n) is 2.93. The molecule has 1 N–H and O–H groups in total. The van der Waals surface area contributed by atoms with Gasteiger partial charge in [-0.3, -0.25) is 5.10 Å². The molecule has 104 valence electrons. The quantitative estimate of drug-likeness (QED) is 0.714. The average molecular weight is 293 g/mol. The monoisotopic (exact) mass is 293 g/mol. The predicted molar refractivity (Wildman–Crippen MR) is 87.8 cm³/mol. The smallest absolute Gasteiger partial charge is 0.209 e. The van der Waals surface area contributed by atoms with Crippen LogP contribution in [0.1, 0.15) is 17.0 Å². The first-order chi connectivity index (χ1) is 10.4. The second-order valence-electron chi connectivity index (χ2n) is 4.52. The molecule has 1 heterocycles. The first-order valence-electron chi connectivity index (χ1n) is 6.72. The Morgan fingerprint density at radius 3 is 2.38 bits per heavy atom. The molecular weight excluding hydrogens is 278 g/mol. The Hall–Kier alpha value is -2.33. The van der Waals surface area contributed by atoms with Gasteiger partial charge in [0.1, 0.15) is 5.82 Å². The second-order valence-corrected chi connectivity index (χ2v) is 5.46. The molecular formula is C17H15N3S. The number of nitrogens with one attached hydrogen (secondary N) is 1. The molecule has 3 rings (SSSR count). The minimum Gasteiger partial charge on any atom is -0.259 e. The molecule has 0 bridgehead atoms. The minimum absolute atomic E-state index is 0.770. The average Bonchev–Trinajstić information content (AvgIpc) is 3.01. The van der Waals surface area contributed by atoms with Gasteiger partial charge in [-0.15, -0.1) is 5.10 Å². The molecule has 0 atom stereocenters. The maximum absolute atomic E-state index is 4.45. The molecule has 4 heteroatoms. The van der Waals surface area contributed by atoms with E-state index in [1.165, 1.54) is 5.56 Å².